The third kappa shape index (κ3) is 3.68. The highest BCUT2D eigenvalue weighted by atomic mass is 32.2. The highest BCUT2D eigenvalue weighted by Crippen LogP contribution is 2.16. The normalized spacial score (nSPS) is 34.3. The van der Waals surface area contributed by atoms with Crippen molar-refractivity contribution in [1.29, 1.82) is 0 Å². The van der Waals surface area contributed by atoms with E-state index in [2.05, 4.69) is 17.2 Å². The van der Waals surface area contributed by atoms with E-state index in [1.807, 2.05) is 11.8 Å². The van der Waals surface area contributed by atoms with Gasteiger partial charge in [-0.15, -0.1) is 0 Å². The second-order valence-corrected chi connectivity index (χ2v) is 5.38. The molecular weight excluding hydrogens is 208 g/mol. The largest absolute Gasteiger partial charge is 0.378 e. The number of thioether (sulfide) groups is 1. The fourth-order valence-electron chi connectivity index (χ4n) is 1.93. The average Bonchev–Trinajstić information content (AvgIpc) is 2.71. The Morgan fingerprint density at radius 1 is 1.53 bits per heavy atom. The van der Waals surface area contributed by atoms with Crippen LogP contribution in [-0.4, -0.2) is 36.2 Å². The molecular formula is C11H20N2OS. The molecule has 2 heterocycles. The van der Waals surface area contributed by atoms with Crippen LogP contribution in [0.3, 0.4) is 0 Å². The SMILES string of the molecule is CC1CCSC(=NCCC2CCCO2)N1. The molecule has 1 N–H and O–H groups in total. The maximum Gasteiger partial charge on any atom is 0.156 e. The summed E-state index contributed by atoms with van der Waals surface area (Å²) < 4.78 is 5.57. The van der Waals surface area contributed by atoms with Gasteiger partial charge in [0.1, 0.15) is 0 Å². The number of ether oxygens (including phenoxy) is 1. The predicted octanol–water partition coefficient (Wildman–Crippen LogP) is 2.03. The molecule has 0 spiro atoms. The lowest BCUT2D eigenvalue weighted by atomic mass is 10.2. The molecule has 4 heteroatoms. The number of hydrogen-bond donors (Lipinski definition) is 1. The number of rotatable bonds is 3. The van der Waals surface area contributed by atoms with Gasteiger partial charge in [-0.2, -0.15) is 0 Å². The first-order chi connectivity index (χ1) is 7.34. The molecule has 0 aromatic carbocycles. The van der Waals surface area contributed by atoms with Crippen LogP contribution in [0.5, 0.6) is 0 Å². The van der Waals surface area contributed by atoms with Gasteiger partial charge in [-0.25, -0.2) is 0 Å². The van der Waals surface area contributed by atoms with Crippen molar-refractivity contribution in [1.82, 2.24) is 5.32 Å². The molecule has 0 aromatic heterocycles. The van der Waals surface area contributed by atoms with E-state index >= 15 is 0 Å². The summed E-state index contributed by atoms with van der Waals surface area (Å²) in [6.45, 7) is 4.08. The zero-order valence-corrected chi connectivity index (χ0v) is 10.2. The molecule has 0 amide bonds. The second-order valence-electron chi connectivity index (χ2n) is 4.29. The maximum absolute atomic E-state index is 5.57. The predicted molar refractivity (Wildman–Crippen MR) is 65.6 cm³/mol. The Morgan fingerprint density at radius 3 is 3.20 bits per heavy atom. The molecule has 0 aromatic rings. The van der Waals surface area contributed by atoms with Gasteiger partial charge in [0.05, 0.1) is 6.10 Å². The molecule has 2 atom stereocenters. The van der Waals surface area contributed by atoms with Gasteiger partial charge in [-0.3, -0.25) is 4.99 Å². The Kier molecular flexibility index (Phi) is 4.32. The summed E-state index contributed by atoms with van der Waals surface area (Å²) in [5, 5.41) is 4.55. The van der Waals surface area contributed by atoms with Crippen molar-refractivity contribution < 1.29 is 4.74 Å². The van der Waals surface area contributed by atoms with Gasteiger partial charge < -0.3 is 10.1 Å². The molecule has 2 aliphatic heterocycles. The molecule has 86 valence electrons. The van der Waals surface area contributed by atoms with Gasteiger partial charge in [-0.05, 0) is 32.6 Å². The molecule has 2 saturated heterocycles. The number of nitrogens with zero attached hydrogens (tertiary/aromatic N) is 1. The molecule has 2 aliphatic rings. The van der Waals surface area contributed by atoms with Crippen LogP contribution in [-0.2, 0) is 4.74 Å². The third-order valence-electron chi connectivity index (χ3n) is 2.89. The van der Waals surface area contributed by atoms with Crippen LogP contribution in [0.1, 0.15) is 32.6 Å². The fraction of sp³-hybridized carbons (Fsp3) is 0.909. The van der Waals surface area contributed by atoms with Crippen LogP contribution in [0, 0.1) is 0 Å². The van der Waals surface area contributed by atoms with Crippen LogP contribution in [0.15, 0.2) is 4.99 Å². The van der Waals surface area contributed by atoms with Crippen LogP contribution in [0.2, 0.25) is 0 Å². The summed E-state index contributed by atoms with van der Waals surface area (Å²) in [6, 6.07) is 0.590. The van der Waals surface area contributed by atoms with E-state index in [0.717, 1.165) is 24.7 Å². The smallest absolute Gasteiger partial charge is 0.156 e. The molecule has 0 radical (unpaired) electrons. The Balaban J connectivity index is 1.68. The van der Waals surface area contributed by atoms with Gasteiger partial charge in [0.15, 0.2) is 5.17 Å². The number of nitrogens with one attached hydrogen (secondary N) is 1. The first-order valence-corrected chi connectivity index (χ1v) is 6.88. The lowest BCUT2D eigenvalue weighted by molar-refractivity contribution is 0.106. The Labute approximate surface area is 96.1 Å². The summed E-state index contributed by atoms with van der Waals surface area (Å²) in [4.78, 5) is 4.59. The minimum absolute atomic E-state index is 0.473. The number of amidine groups is 1. The van der Waals surface area contributed by atoms with Gasteiger partial charge in [-0.1, -0.05) is 11.8 Å². The lowest BCUT2D eigenvalue weighted by Crippen LogP contribution is -2.35. The third-order valence-corrected chi connectivity index (χ3v) is 3.85. The van der Waals surface area contributed by atoms with Crippen molar-refractivity contribution in [2.24, 2.45) is 4.99 Å². The summed E-state index contributed by atoms with van der Waals surface area (Å²) in [7, 11) is 0. The number of aliphatic imine (C=N–C) groups is 1. The van der Waals surface area contributed by atoms with Gasteiger partial charge in [0.25, 0.3) is 0 Å². The van der Waals surface area contributed by atoms with E-state index in [4.69, 9.17) is 4.74 Å². The Bertz CT molecular complexity index is 227. The van der Waals surface area contributed by atoms with Crippen LogP contribution >= 0.6 is 11.8 Å². The molecule has 0 aliphatic carbocycles. The van der Waals surface area contributed by atoms with E-state index in [0.29, 0.717) is 12.1 Å². The van der Waals surface area contributed by atoms with Gasteiger partial charge in [0.2, 0.25) is 0 Å². The van der Waals surface area contributed by atoms with Crippen molar-refractivity contribution in [3.05, 3.63) is 0 Å². The van der Waals surface area contributed by atoms with Crippen LogP contribution < -0.4 is 5.32 Å². The molecule has 2 fully saturated rings. The van der Waals surface area contributed by atoms with E-state index in [1.54, 1.807) is 0 Å². The highest BCUT2D eigenvalue weighted by Gasteiger charge is 2.16. The first-order valence-electron chi connectivity index (χ1n) is 5.90. The maximum atomic E-state index is 5.57. The molecule has 0 bridgehead atoms. The molecule has 2 unspecified atom stereocenters. The van der Waals surface area contributed by atoms with Crippen molar-refractivity contribution in [3.63, 3.8) is 0 Å². The van der Waals surface area contributed by atoms with Crippen molar-refractivity contribution >= 4 is 16.9 Å². The van der Waals surface area contributed by atoms with Gasteiger partial charge in [0, 0.05) is 24.9 Å². The lowest BCUT2D eigenvalue weighted by Gasteiger charge is -2.21. The number of hydrogen-bond acceptors (Lipinski definition) is 3. The van der Waals surface area contributed by atoms with E-state index in [1.165, 1.54) is 25.0 Å². The second kappa shape index (κ2) is 5.75. The Morgan fingerprint density at radius 2 is 2.47 bits per heavy atom. The minimum atomic E-state index is 0.473. The summed E-state index contributed by atoms with van der Waals surface area (Å²) in [6.07, 6.45) is 5.25. The zero-order chi connectivity index (χ0) is 10.5. The Hall–Kier alpha value is -0.220. The van der Waals surface area contributed by atoms with Crippen LogP contribution in [0.4, 0.5) is 0 Å². The summed E-state index contributed by atoms with van der Waals surface area (Å²) in [5.74, 6) is 1.20. The van der Waals surface area contributed by atoms with E-state index in [-0.39, 0.29) is 0 Å². The van der Waals surface area contributed by atoms with Crippen molar-refractivity contribution in [2.75, 3.05) is 18.9 Å². The average molecular weight is 228 g/mol. The van der Waals surface area contributed by atoms with Gasteiger partial charge >= 0.3 is 0 Å². The monoisotopic (exact) mass is 228 g/mol. The zero-order valence-electron chi connectivity index (χ0n) is 9.37. The molecule has 2 rings (SSSR count). The molecule has 3 nitrogen and oxygen atoms in total. The highest BCUT2D eigenvalue weighted by molar-refractivity contribution is 8.13. The summed E-state index contributed by atoms with van der Waals surface area (Å²) >= 11 is 1.85. The topological polar surface area (TPSA) is 33.6 Å². The van der Waals surface area contributed by atoms with Crippen molar-refractivity contribution in [3.8, 4) is 0 Å². The minimum Gasteiger partial charge on any atom is -0.378 e. The fourth-order valence-corrected chi connectivity index (χ4v) is 3.06. The molecule has 0 saturated carbocycles. The first kappa shape index (κ1) is 11.3. The van der Waals surface area contributed by atoms with E-state index in [9.17, 15) is 0 Å². The van der Waals surface area contributed by atoms with Crippen molar-refractivity contribution in [2.45, 2.75) is 44.8 Å². The molecule has 15 heavy (non-hydrogen) atoms. The summed E-state index contributed by atoms with van der Waals surface area (Å²) in [5.41, 5.74) is 0. The standard InChI is InChI=1S/C11H20N2OS/c1-9-5-8-15-11(13-9)12-6-4-10-3-2-7-14-10/h9-10H,2-8H2,1H3,(H,12,13). The van der Waals surface area contributed by atoms with E-state index < -0.39 is 0 Å². The quantitative estimate of drug-likeness (QED) is 0.802. The van der Waals surface area contributed by atoms with Crippen LogP contribution in [0.25, 0.3) is 0 Å².